The van der Waals surface area contributed by atoms with Crippen LogP contribution in [0.2, 0.25) is 0 Å². The van der Waals surface area contributed by atoms with Crippen molar-refractivity contribution in [3.8, 4) is 0 Å². The second-order valence-electron chi connectivity index (χ2n) is 7.18. The third-order valence-corrected chi connectivity index (χ3v) is 3.65. The fourth-order valence-electron chi connectivity index (χ4n) is 2.46. The molecule has 0 aromatic carbocycles. The molecule has 2 unspecified atom stereocenters. The summed E-state index contributed by atoms with van der Waals surface area (Å²) >= 11 is 0. The lowest BCUT2D eigenvalue weighted by atomic mass is 9.95. The van der Waals surface area contributed by atoms with Crippen LogP contribution in [-0.4, -0.2) is 23.8 Å². The number of ether oxygens (including phenoxy) is 1. The minimum absolute atomic E-state index is 0.112. The maximum atomic E-state index is 6.09. The van der Waals surface area contributed by atoms with Gasteiger partial charge in [-0.15, -0.1) is 0 Å². The first kappa shape index (κ1) is 15.0. The van der Waals surface area contributed by atoms with Gasteiger partial charge in [0.25, 0.3) is 0 Å². The molecular formula is C15H31NO. The Kier molecular flexibility index (Phi) is 5.03. The molecule has 2 nitrogen and oxygen atoms in total. The van der Waals surface area contributed by atoms with Crippen LogP contribution in [0.3, 0.4) is 0 Å². The van der Waals surface area contributed by atoms with Crippen LogP contribution in [0, 0.1) is 5.92 Å². The third-order valence-electron chi connectivity index (χ3n) is 3.65. The average Bonchev–Trinajstić information content (AvgIpc) is 2.51. The molecule has 2 heteroatoms. The van der Waals surface area contributed by atoms with E-state index >= 15 is 0 Å². The Bertz CT molecular complexity index is 230. The number of hydrogen-bond donors (Lipinski definition) is 1. The second kappa shape index (κ2) is 5.71. The third kappa shape index (κ3) is 5.87. The van der Waals surface area contributed by atoms with Crippen molar-refractivity contribution in [3.05, 3.63) is 0 Å². The molecular weight excluding hydrogens is 210 g/mol. The molecule has 1 heterocycles. The molecule has 1 fully saturated rings. The fourth-order valence-corrected chi connectivity index (χ4v) is 2.46. The monoisotopic (exact) mass is 241 g/mol. The minimum Gasteiger partial charge on any atom is -0.372 e. The number of hydrogen-bond acceptors (Lipinski definition) is 2. The summed E-state index contributed by atoms with van der Waals surface area (Å²) in [5.74, 6) is 0.744. The van der Waals surface area contributed by atoms with Gasteiger partial charge in [-0.1, -0.05) is 13.3 Å². The van der Waals surface area contributed by atoms with Crippen LogP contribution < -0.4 is 5.32 Å². The van der Waals surface area contributed by atoms with Gasteiger partial charge >= 0.3 is 0 Å². The van der Waals surface area contributed by atoms with Gasteiger partial charge in [0.15, 0.2) is 0 Å². The van der Waals surface area contributed by atoms with Gasteiger partial charge in [-0.2, -0.15) is 0 Å². The van der Waals surface area contributed by atoms with Crippen LogP contribution in [0.4, 0.5) is 0 Å². The molecule has 1 saturated heterocycles. The molecule has 1 rings (SSSR count). The molecule has 1 N–H and O–H groups in total. The van der Waals surface area contributed by atoms with E-state index in [1.54, 1.807) is 0 Å². The van der Waals surface area contributed by atoms with Gasteiger partial charge in [0.05, 0.1) is 11.7 Å². The summed E-state index contributed by atoms with van der Waals surface area (Å²) in [6.45, 7) is 14.5. The molecule has 0 spiro atoms. The van der Waals surface area contributed by atoms with Gasteiger partial charge in [-0.25, -0.2) is 0 Å². The lowest BCUT2D eigenvalue weighted by Crippen LogP contribution is -2.39. The van der Waals surface area contributed by atoms with Crippen molar-refractivity contribution in [3.63, 3.8) is 0 Å². The zero-order valence-corrected chi connectivity index (χ0v) is 12.6. The van der Waals surface area contributed by atoms with Crippen LogP contribution in [0.5, 0.6) is 0 Å². The predicted molar refractivity (Wildman–Crippen MR) is 74.3 cm³/mol. The van der Waals surface area contributed by atoms with E-state index in [1.807, 2.05) is 0 Å². The lowest BCUT2D eigenvalue weighted by molar-refractivity contribution is -0.0249. The molecule has 0 aromatic rings. The van der Waals surface area contributed by atoms with Crippen molar-refractivity contribution in [2.24, 2.45) is 5.92 Å². The summed E-state index contributed by atoms with van der Waals surface area (Å²) in [5, 5.41) is 3.61. The number of nitrogens with one attached hydrogen (secondary N) is 1. The van der Waals surface area contributed by atoms with E-state index < -0.39 is 0 Å². The summed E-state index contributed by atoms with van der Waals surface area (Å²) in [4.78, 5) is 0. The van der Waals surface area contributed by atoms with Gasteiger partial charge in [0.1, 0.15) is 0 Å². The van der Waals surface area contributed by atoms with Gasteiger partial charge in [-0.05, 0) is 66.3 Å². The van der Waals surface area contributed by atoms with Crippen molar-refractivity contribution in [2.45, 2.75) is 84.5 Å². The first-order valence-electron chi connectivity index (χ1n) is 7.15. The van der Waals surface area contributed by atoms with Crippen LogP contribution >= 0.6 is 0 Å². The van der Waals surface area contributed by atoms with Gasteiger partial charge in [0, 0.05) is 5.54 Å². The van der Waals surface area contributed by atoms with Crippen molar-refractivity contribution >= 4 is 0 Å². The van der Waals surface area contributed by atoms with Crippen molar-refractivity contribution < 1.29 is 4.74 Å². The molecule has 1 aliphatic rings. The highest BCUT2D eigenvalue weighted by Gasteiger charge is 2.32. The molecule has 1 aliphatic heterocycles. The maximum absolute atomic E-state index is 6.09. The van der Waals surface area contributed by atoms with E-state index in [1.165, 1.54) is 25.7 Å². The van der Waals surface area contributed by atoms with E-state index in [2.05, 4.69) is 46.9 Å². The first-order valence-corrected chi connectivity index (χ1v) is 7.15. The summed E-state index contributed by atoms with van der Waals surface area (Å²) in [6, 6.07) is 0. The minimum atomic E-state index is 0.112. The van der Waals surface area contributed by atoms with Gasteiger partial charge in [-0.3, -0.25) is 0 Å². The Labute approximate surface area is 108 Å². The summed E-state index contributed by atoms with van der Waals surface area (Å²) < 4.78 is 6.09. The zero-order chi connectivity index (χ0) is 13.1. The van der Waals surface area contributed by atoms with E-state index in [0.29, 0.717) is 6.10 Å². The second-order valence-corrected chi connectivity index (χ2v) is 7.18. The van der Waals surface area contributed by atoms with Crippen LogP contribution in [0.1, 0.15) is 67.2 Å². The Balaban J connectivity index is 2.33. The summed E-state index contributed by atoms with van der Waals surface area (Å²) in [5.41, 5.74) is 0.337. The maximum Gasteiger partial charge on any atom is 0.0631 e. The standard InChI is InChI=1S/C15H31NO/c1-7-12(11-16-14(2,3)4)10-13-8-9-15(5,6)17-13/h12-13,16H,7-11H2,1-6H3. The predicted octanol–water partition coefficient (Wildman–Crippen LogP) is 3.75. The Morgan fingerprint density at radius 3 is 2.41 bits per heavy atom. The summed E-state index contributed by atoms with van der Waals surface area (Å²) in [6.07, 6.45) is 5.38. The van der Waals surface area contributed by atoms with E-state index in [9.17, 15) is 0 Å². The Hall–Kier alpha value is -0.0800. The molecule has 0 saturated carbocycles. The highest BCUT2D eigenvalue weighted by atomic mass is 16.5. The molecule has 0 amide bonds. The Morgan fingerprint density at radius 1 is 1.35 bits per heavy atom. The van der Waals surface area contributed by atoms with Crippen molar-refractivity contribution in [1.82, 2.24) is 5.32 Å². The molecule has 2 atom stereocenters. The van der Waals surface area contributed by atoms with E-state index in [4.69, 9.17) is 4.74 Å². The SMILES string of the molecule is CCC(CNC(C)(C)C)CC1CCC(C)(C)O1. The molecule has 102 valence electrons. The van der Waals surface area contributed by atoms with Gasteiger partial charge < -0.3 is 10.1 Å². The molecule has 0 radical (unpaired) electrons. The van der Waals surface area contributed by atoms with Crippen LogP contribution in [0.25, 0.3) is 0 Å². The molecule has 0 bridgehead atoms. The van der Waals surface area contributed by atoms with Crippen LogP contribution in [-0.2, 0) is 4.74 Å². The van der Waals surface area contributed by atoms with E-state index in [-0.39, 0.29) is 11.1 Å². The zero-order valence-electron chi connectivity index (χ0n) is 12.6. The van der Waals surface area contributed by atoms with Crippen LogP contribution in [0.15, 0.2) is 0 Å². The molecule has 0 aliphatic carbocycles. The quantitative estimate of drug-likeness (QED) is 0.791. The Morgan fingerprint density at radius 2 is 2.00 bits per heavy atom. The van der Waals surface area contributed by atoms with Crippen molar-refractivity contribution in [2.75, 3.05) is 6.54 Å². The highest BCUT2D eigenvalue weighted by Crippen LogP contribution is 2.32. The van der Waals surface area contributed by atoms with Crippen molar-refractivity contribution in [1.29, 1.82) is 0 Å². The molecule has 17 heavy (non-hydrogen) atoms. The molecule has 0 aromatic heterocycles. The number of rotatable bonds is 5. The lowest BCUT2D eigenvalue weighted by Gasteiger charge is -2.27. The highest BCUT2D eigenvalue weighted by molar-refractivity contribution is 4.83. The van der Waals surface area contributed by atoms with E-state index in [0.717, 1.165) is 12.5 Å². The fraction of sp³-hybridized carbons (Fsp3) is 1.00. The largest absolute Gasteiger partial charge is 0.372 e. The smallest absolute Gasteiger partial charge is 0.0631 e. The average molecular weight is 241 g/mol. The topological polar surface area (TPSA) is 21.3 Å². The first-order chi connectivity index (χ1) is 7.72. The van der Waals surface area contributed by atoms with Gasteiger partial charge in [0.2, 0.25) is 0 Å². The summed E-state index contributed by atoms with van der Waals surface area (Å²) in [7, 11) is 0. The normalized spacial score (nSPS) is 26.1.